The minimum Gasteiger partial charge on any atom is -0.493 e. The Morgan fingerprint density at radius 3 is 2.46 bits per heavy atom. The van der Waals surface area contributed by atoms with Gasteiger partial charge in [0.2, 0.25) is 5.91 Å². The number of hydrogen-bond acceptors (Lipinski definition) is 7. The molecule has 0 aromatic heterocycles. The molecule has 0 unspecified atom stereocenters. The normalized spacial score (nSPS) is 22.0. The number of nitrogens with one attached hydrogen (secondary N) is 1. The summed E-state index contributed by atoms with van der Waals surface area (Å²) in [5.41, 5.74) is 2.32. The number of fused-ring (bicyclic) bond motifs is 6. The van der Waals surface area contributed by atoms with Gasteiger partial charge in [-0.25, -0.2) is 0 Å². The summed E-state index contributed by atoms with van der Waals surface area (Å²) in [5, 5.41) is 3.08. The van der Waals surface area contributed by atoms with E-state index in [4.69, 9.17) is 14.2 Å². The predicted octanol–water partition coefficient (Wildman–Crippen LogP) is 6.25. The average molecular weight is 613 g/mol. The van der Waals surface area contributed by atoms with Gasteiger partial charge < -0.3 is 24.4 Å². The van der Waals surface area contributed by atoms with E-state index in [-0.39, 0.29) is 24.1 Å². The lowest BCUT2D eigenvalue weighted by Crippen LogP contribution is -2.49. The summed E-state index contributed by atoms with van der Waals surface area (Å²) < 4.78 is 16.7. The number of anilines is 1. The number of nitrogens with zero attached hydrogens (tertiary/aromatic N) is 1. The van der Waals surface area contributed by atoms with Crippen LogP contribution in [-0.4, -0.2) is 49.2 Å². The molecule has 3 aliphatic heterocycles. The SMILES string of the molecule is C=CCOc1cccc(C(=O)[C@H]2[C@H](C(=O)c3ccc(OC)c(OC)c3)N3C=Cc4ccccc4[C@@H]3[C@@]23C(=O)Nc2ccccc23)c1. The molecule has 3 heterocycles. The van der Waals surface area contributed by atoms with E-state index >= 15 is 4.79 Å². The van der Waals surface area contributed by atoms with Gasteiger partial charge in [-0.15, -0.1) is 0 Å². The molecule has 4 atom stereocenters. The van der Waals surface area contributed by atoms with Gasteiger partial charge in [-0.1, -0.05) is 67.3 Å². The summed E-state index contributed by atoms with van der Waals surface area (Å²) in [4.78, 5) is 46.6. The number of amides is 1. The topological polar surface area (TPSA) is 94.2 Å². The van der Waals surface area contributed by atoms with Crippen LogP contribution in [0.3, 0.4) is 0 Å². The summed E-state index contributed by atoms with van der Waals surface area (Å²) >= 11 is 0. The maximum absolute atomic E-state index is 15.1. The van der Waals surface area contributed by atoms with E-state index in [1.807, 2.05) is 65.7 Å². The molecule has 3 aliphatic rings. The number of para-hydroxylation sites is 1. The highest BCUT2D eigenvalue weighted by atomic mass is 16.5. The Bertz CT molecular complexity index is 1930. The lowest BCUT2D eigenvalue weighted by atomic mass is 9.62. The number of Topliss-reactive ketones (excluding diaryl/α,β-unsaturated/α-hetero) is 2. The highest BCUT2D eigenvalue weighted by molar-refractivity contribution is 6.16. The molecule has 46 heavy (non-hydrogen) atoms. The Morgan fingerprint density at radius 2 is 1.65 bits per heavy atom. The maximum atomic E-state index is 15.1. The molecule has 230 valence electrons. The number of ketones is 2. The smallest absolute Gasteiger partial charge is 0.238 e. The second kappa shape index (κ2) is 11.4. The molecular formula is C38H32N2O6. The van der Waals surface area contributed by atoms with Gasteiger partial charge in [-0.2, -0.15) is 0 Å². The standard InChI is InChI=1S/C38H32N2O6/c1-4-20-46-26-12-9-11-24(21-26)34(41)32-33(35(42)25-16-17-30(44-2)31(22-25)45-3)40-19-18-23-10-5-6-13-27(23)36(40)38(32)28-14-7-8-15-29(28)39-37(38)43/h4-19,21-22,32-33,36H,1,20H2,2-3H3,(H,39,43)/t32-,33-,36-,38+/m1/s1. The van der Waals surface area contributed by atoms with Crippen LogP contribution >= 0.6 is 0 Å². The zero-order chi connectivity index (χ0) is 32.0. The van der Waals surface area contributed by atoms with Crippen LogP contribution in [0, 0.1) is 5.92 Å². The highest BCUT2D eigenvalue weighted by Crippen LogP contribution is 2.62. The first-order valence-electron chi connectivity index (χ1n) is 15.0. The van der Waals surface area contributed by atoms with Crippen LogP contribution in [0.1, 0.15) is 43.4 Å². The molecule has 8 nitrogen and oxygen atoms in total. The fourth-order valence-electron chi connectivity index (χ4n) is 7.40. The van der Waals surface area contributed by atoms with Crippen molar-refractivity contribution in [3.63, 3.8) is 0 Å². The van der Waals surface area contributed by atoms with Crippen molar-refractivity contribution in [1.82, 2.24) is 4.90 Å². The van der Waals surface area contributed by atoms with Crippen LogP contribution in [0.2, 0.25) is 0 Å². The molecule has 1 fully saturated rings. The van der Waals surface area contributed by atoms with E-state index in [1.54, 1.807) is 48.5 Å². The first-order chi connectivity index (χ1) is 22.4. The Labute approximate surface area is 266 Å². The van der Waals surface area contributed by atoms with Crippen molar-refractivity contribution >= 4 is 29.2 Å². The van der Waals surface area contributed by atoms with Crippen LogP contribution in [0.5, 0.6) is 17.2 Å². The van der Waals surface area contributed by atoms with E-state index < -0.39 is 23.4 Å². The van der Waals surface area contributed by atoms with Crippen molar-refractivity contribution in [1.29, 1.82) is 0 Å². The first-order valence-corrected chi connectivity index (χ1v) is 15.0. The fourth-order valence-corrected chi connectivity index (χ4v) is 7.40. The van der Waals surface area contributed by atoms with Gasteiger partial charge >= 0.3 is 0 Å². The summed E-state index contributed by atoms with van der Waals surface area (Å²) in [6.07, 6.45) is 5.41. The molecule has 1 N–H and O–H groups in total. The highest BCUT2D eigenvalue weighted by Gasteiger charge is 2.70. The Morgan fingerprint density at radius 1 is 0.891 bits per heavy atom. The number of rotatable bonds is 9. The Hall–Kier alpha value is -5.63. The lowest BCUT2D eigenvalue weighted by molar-refractivity contribution is -0.122. The van der Waals surface area contributed by atoms with Crippen molar-refractivity contribution < 1.29 is 28.6 Å². The third kappa shape index (κ3) is 4.24. The molecule has 0 aliphatic carbocycles. The van der Waals surface area contributed by atoms with Crippen molar-refractivity contribution in [2.24, 2.45) is 5.92 Å². The number of ether oxygens (including phenoxy) is 3. The van der Waals surface area contributed by atoms with Gasteiger partial charge in [-0.3, -0.25) is 14.4 Å². The Kier molecular flexibility index (Phi) is 7.20. The summed E-state index contributed by atoms with van der Waals surface area (Å²) in [5.74, 6) is -0.756. The van der Waals surface area contributed by atoms with Gasteiger partial charge in [0, 0.05) is 23.0 Å². The third-order valence-electron chi connectivity index (χ3n) is 9.28. The van der Waals surface area contributed by atoms with Crippen molar-refractivity contribution in [2.45, 2.75) is 17.5 Å². The van der Waals surface area contributed by atoms with E-state index in [0.29, 0.717) is 39.6 Å². The molecule has 1 saturated heterocycles. The lowest BCUT2D eigenvalue weighted by Gasteiger charge is -2.38. The van der Waals surface area contributed by atoms with Crippen LogP contribution in [0.25, 0.3) is 6.08 Å². The molecule has 0 radical (unpaired) electrons. The van der Waals surface area contributed by atoms with Gasteiger partial charge in [0.05, 0.1) is 26.2 Å². The van der Waals surface area contributed by atoms with Gasteiger partial charge in [0.25, 0.3) is 0 Å². The summed E-state index contributed by atoms with van der Waals surface area (Å²) in [7, 11) is 3.03. The molecule has 1 spiro atoms. The zero-order valence-corrected chi connectivity index (χ0v) is 25.4. The molecule has 1 amide bonds. The third-order valence-corrected chi connectivity index (χ3v) is 9.28. The quantitative estimate of drug-likeness (QED) is 0.176. The van der Waals surface area contributed by atoms with E-state index in [1.165, 1.54) is 14.2 Å². The van der Waals surface area contributed by atoms with Crippen LogP contribution in [0.15, 0.2) is 110 Å². The summed E-state index contributed by atoms with van der Waals surface area (Å²) in [6.45, 7) is 3.98. The minimum absolute atomic E-state index is 0.263. The van der Waals surface area contributed by atoms with Crippen LogP contribution in [0.4, 0.5) is 5.69 Å². The average Bonchev–Trinajstić information content (AvgIpc) is 3.58. The van der Waals surface area contributed by atoms with Crippen molar-refractivity contribution in [3.05, 3.63) is 138 Å². The fraction of sp³-hybridized carbons (Fsp3) is 0.184. The van der Waals surface area contributed by atoms with Gasteiger partial charge in [0.15, 0.2) is 23.1 Å². The van der Waals surface area contributed by atoms with Crippen LogP contribution < -0.4 is 19.5 Å². The summed E-state index contributed by atoms with van der Waals surface area (Å²) in [6, 6.07) is 25.4. The van der Waals surface area contributed by atoms with Crippen LogP contribution in [-0.2, 0) is 10.2 Å². The molecule has 7 rings (SSSR count). The van der Waals surface area contributed by atoms with Gasteiger partial charge in [-0.05, 0) is 59.2 Å². The number of benzene rings is 4. The van der Waals surface area contributed by atoms with Gasteiger partial charge in [0.1, 0.15) is 23.8 Å². The molecule has 0 saturated carbocycles. The second-order valence-electron chi connectivity index (χ2n) is 11.5. The molecule has 0 bridgehead atoms. The monoisotopic (exact) mass is 612 g/mol. The molecule has 4 aromatic carbocycles. The van der Waals surface area contributed by atoms with Crippen molar-refractivity contribution in [3.8, 4) is 17.2 Å². The predicted molar refractivity (Wildman–Crippen MR) is 174 cm³/mol. The zero-order valence-electron chi connectivity index (χ0n) is 25.4. The van der Waals surface area contributed by atoms with Crippen molar-refractivity contribution in [2.75, 3.05) is 26.1 Å². The van der Waals surface area contributed by atoms with E-state index in [2.05, 4.69) is 11.9 Å². The van der Waals surface area contributed by atoms with E-state index in [9.17, 15) is 9.59 Å². The largest absolute Gasteiger partial charge is 0.493 e. The molecular weight excluding hydrogens is 580 g/mol. The number of hydrogen-bond donors (Lipinski definition) is 1. The number of carbonyl (C=O) groups excluding carboxylic acids is 3. The first kappa shape index (κ1) is 29.1. The Balaban J connectivity index is 1.49. The minimum atomic E-state index is -1.44. The molecule has 4 aromatic rings. The maximum Gasteiger partial charge on any atom is 0.238 e. The second-order valence-corrected chi connectivity index (χ2v) is 11.5. The number of carbonyl (C=O) groups is 3. The molecule has 8 heteroatoms. The van der Waals surface area contributed by atoms with E-state index in [0.717, 1.165) is 11.1 Å². The number of methoxy groups -OCH3 is 2.